The Hall–Kier alpha value is -2.29. The Bertz CT molecular complexity index is 710. The van der Waals surface area contributed by atoms with E-state index in [1.807, 2.05) is 19.9 Å². The van der Waals surface area contributed by atoms with E-state index in [2.05, 4.69) is 33.4 Å². The molecular formula is C23H32O3. The number of hydrogen-bond acceptors (Lipinski definition) is 2. The zero-order valence-electron chi connectivity index (χ0n) is 16.7. The lowest BCUT2D eigenvalue weighted by Gasteiger charge is -2.32. The van der Waals surface area contributed by atoms with E-state index in [-0.39, 0.29) is 23.2 Å². The van der Waals surface area contributed by atoms with E-state index >= 15 is 0 Å². The lowest BCUT2D eigenvalue weighted by Crippen LogP contribution is -2.19. The van der Waals surface area contributed by atoms with E-state index in [1.165, 1.54) is 24.0 Å². The van der Waals surface area contributed by atoms with Crippen molar-refractivity contribution in [3.8, 4) is 0 Å². The van der Waals surface area contributed by atoms with Crippen LogP contribution in [0.15, 0.2) is 70.6 Å². The summed E-state index contributed by atoms with van der Waals surface area (Å²) >= 11 is 0. The molecule has 0 aliphatic heterocycles. The van der Waals surface area contributed by atoms with Crippen LogP contribution in [0.25, 0.3) is 0 Å². The van der Waals surface area contributed by atoms with Crippen LogP contribution in [0.3, 0.4) is 0 Å². The maximum absolute atomic E-state index is 10.7. The van der Waals surface area contributed by atoms with E-state index in [0.717, 1.165) is 17.6 Å². The van der Waals surface area contributed by atoms with Gasteiger partial charge in [-0.05, 0) is 69.1 Å². The summed E-state index contributed by atoms with van der Waals surface area (Å²) < 4.78 is 0. The monoisotopic (exact) mass is 356 g/mol. The summed E-state index contributed by atoms with van der Waals surface area (Å²) in [7, 11) is 0. The van der Waals surface area contributed by atoms with Crippen LogP contribution in [0.4, 0.5) is 0 Å². The molecule has 0 spiro atoms. The molecule has 142 valence electrons. The maximum atomic E-state index is 10.7. The number of carboxylic acids is 1. The summed E-state index contributed by atoms with van der Waals surface area (Å²) in [5.74, 6) is -0.782. The summed E-state index contributed by atoms with van der Waals surface area (Å²) in [6.07, 6.45) is 13.2. The average Bonchev–Trinajstić information content (AvgIpc) is 2.55. The highest BCUT2D eigenvalue weighted by Crippen LogP contribution is 2.40. The minimum Gasteiger partial charge on any atom is -0.508 e. The van der Waals surface area contributed by atoms with Crippen LogP contribution >= 0.6 is 0 Å². The second kappa shape index (κ2) is 9.42. The van der Waals surface area contributed by atoms with Crippen LogP contribution in [-0.2, 0) is 4.79 Å². The molecule has 0 aromatic rings. The van der Waals surface area contributed by atoms with Gasteiger partial charge in [-0.1, -0.05) is 55.9 Å². The summed E-state index contributed by atoms with van der Waals surface area (Å²) in [5.41, 5.74) is 4.79. The fourth-order valence-corrected chi connectivity index (χ4v) is 3.09. The van der Waals surface area contributed by atoms with E-state index < -0.39 is 5.97 Å². The number of rotatable bonds is 7. The third kappa shape index (κ3) is 6.55. The molecule has 0 saturated heterocycles. The molecule has 0 aromatic carbocycles. The molecule has 0 bridgehead atoms. The fraction of sp³-hybridized carbons (Fsp3) is 0.435. The predicted molar refractivity (Wildman–Crippen MR) is 109 cm³/mol. The molecule has 0 unspecified atom stereocenters. The smallest absolute Gasteiger partial charge is 0.331 e. The Morgan fingerprint density at radius 2 is 1.85 bits per heavy atom. The number of aliphatic carboxylic acids is 1. The van der Waals surface area contributed by atoms with Crippen molar-refractivity contribution in [1.82, 2.24) is 0 Å². The first-order valence-electron chi connectivity index (χ1n) is 9.08. The normalized spacial score (nSPS) is 19.2. The highest BCUT2D eigenvalue weighted by Gasteiger charge is 2.26. The lowest BCUT2D eigenvalue weighted by molar-refractivity contribution is -0.132. The van der Waals surface area contributed by atoms with Gasteiger partial charge in [0.25, 0.3) is 0 Å². The van der Waals surface area contributed by atoms with Crippen LogP contribution < -0.4 is 0 Å². The Labute approximate surface area is 157 Å². The van der Waals surface area contributed by atoms with Crippen molar-refractivity contribution < 1.29 is 15.0 Å². The molecule has 2 N–H and O–H groups in total. The minimum atomic E-state index is -0.989. The van der Waals surface area contributed by atoms with Gasteiger partial charge in [-0.3, -0.25) is 0 Å². The van der Waals surface area contributed by atoms with Gasteiger partial charge < -0.3 is 10.2 Å². The van der Waals surface area contributed by atoms with Crippen molar-refractivity contribution in [2.75, 3.05) is 0 Å². The molecular weight excluding hydrogens is 324 g/mol. The third-order valence-electron chi connectivity index (χ3n) is 4.92. The summed E-state index contributed by atoms with van der Waals surface area (Å²) in [6.45, 7) is 14.0. The molecule has 0 heterocycles. The van der Waals surface area contributed by atoms with E-state index in [9.17, 15) is 9.90 Å². The largest absolute Gasteiger partial charge is 0.508 e. The molecule has 3 nitrogen and oxygen atoms in total. The molecule has 1 aliphatic rings. The topological polar surface area (TPSA) is 57.5 Å². The number of carbonyl (C=O) groups is 1. The van der Waals surface area contributed by atoms with Gasteiger partial charge in [0, 0.05) is 5.57 Å². The van der Waals surface area contributed by atoms with Gasteiger partial charge >= 0.3 is 5.97 Å². The Morgan fingerprint density at radius 1 is 1.19 bits per heavy atom. The van der Waals surface area contributed by atoms with Crippen molar-refractivity contribution in [1.29, 1.82) is 0 Å². The van der Waals surface area contributed by atoms with Crippen molar-refractivity contribution >= 4 is 5.97 Å². The van der Waals surface area contributed by atoms with Gasteiger partial charge in [0.05, 0.1) is 0 Å². The molecule has 0 aromatic heterocycles. The zero-order chi connectivity index (χ0) is 19.9. The first kappa shape index (κ1) is 21.8. The molecule has 0 radical (unpaired) electrons. The highest BCUT2D eigenvalue weighted by molar-refractivity contribution is 5.86. The van der Waals surface area contributed by atoms with Crippen LogP contribution in [0.5, 0.6) is 0 Å². The molecule has 0 fully saturated rings. The van der Waals surface area contributed by atoms with Gasteiger partial charge in [-0.15, -0.1) is 0 Å². The quantitative estimate of drug-likeness (QED) is 0.314. The summed E-state index contributed by atoms with van der Waals surface area (Å²) in [4.78, 5) is 10.7. The van der Waals surface area contributed by atoms with Gasteiger partial charge in [0.15, 0.2) is 0 Å². The van der Waals surface area contributed by atoms with Crippen molar-refractivity contribution in [3.63, 3.8) is 0 Å². The fourth-order valence-electron chi connectivity index (χ4n) is 3.09. The molecule has 1 aliphatic carbocycles. The Balaban J connectivity index is 2.85. The van der Waals surface area contributed by atoms with Crippen molar-refractivity contribution in [2.45, 2.75) is 60.3 Å². The predicted octanol–water partition coefficient (Wildman–Crippen LogP) is 6.43. The number of hydrogen-bond donors (Lipinski definition) is 2. The minimum absolute atomic E-state index is 0.148. The number of allylic oxidation sites excluding steroid dienone is 9. The number of aliphatic hydroxyl groups excluding tert-OH is 1. The molecule has 3 heteroatoms. The second-order valence-electron chi connectivity index (χ2n) is 7.73. The van der Waals surface area contributed by atoms with E-state index in [0.29, 0.717) is 0 Å². The van der Waals surface area contributed by atoms with Crippen LogP contribution in [0.1, 0.15) is 60.3 Å². The Morgan fingerprint density at radius 3 is 2.42 bits per heavy atom. The molecule has 1 rings (SSSR count). The molecule has 26 heavy (non-hydrogen) atoms. The van der Waals surface area contributed by atoms with Crippen molar-refractivity contribution in [3.05, 3.63) is 70.6 Å². The van der Waals surface area contributed by atoms with Crippen LogP contribution in [0.2, 0.25) is 0 Å². The first-order valence-corrected chi connectivity index (χ1v) is 9.08. The summed E-state index contributed by atoms with van der Waals surface area (Å²) in [6, 6.07) is 0. The average molecular weight is 357 g/mol. The highest BCUT2D eigenvalue weighted by atomic mass is 16.4. The second-order valence-corrected chi connectivity index (χ2v) is 7.73. The number of aliphatic hydroxyl groups is 1. The number of carboxylic acid groups (broad SMARTS) is 1. The Kier molecular flexibility index (Phi) is 7.88. The van der Waals surface area contributed by atoms with Gasteiger partial charge in [-0.2, -0.15) is 0 Å². The third-order valence-corrected chi connectivity index (χ3v) is 4.92. The molecule has 0 saturated carbocycles. The van der Waals surface area contributed by atoms with Gasteiger partial charge in [-0.25, -0.2) is 4.79 Å². The van der Waals surface area contributed by atoms with E-state index in [4.69, 9.17) is 5.11 Å². The lowest BCUT2D eigenvalue weighted by atomic mass is 9.72. The van der Waals surface area contributed by atoms with E-state index in [1.54, 1.807) is 18.2 Å². The van der Waals surface area contributed by atoms with Gasteiger partial charge in [0.2, 0.25) is 0 Å². The molecule has 0 atom stereocenters. The maximum Gasteiger partial charge on any atom is 0.331 e. The van der Waals surface area contributed by atoms with Crippen molar-refractivity contribution in [2.24, 2.45) is 5.41 Å². The van der Waals surface area contributed by atoms with Crippen LogP contribution in [0, 0.1) is 5.41 Å². The molecule has 0 amide bonds. The zero-order valence-corrected chi connectivity index (χ0v) is 16.7. The summed E-state index contributed by atoms with van der Waals surface area (Å²) in [5, 5.41) is 19.0. The SMILES string of the molecule is C=C(C/C=C(C)\C=C/C(O)=C(C)C=CC1=C(C)CCCC1(C)C)C(=O)O. The van der Waals surface area contributed by atoms with Gasteiger partial charge in [0.1, 0.15) is 5.76 Å². The standard InChI is InChI=1S/C23H32O3/c1-16(9-11-19(4)22(25)26)10-14-21(24)18(3)12-13-20-17(2)8-7-15-23(20,5)6/h9-10,12-14,24H,4,7-8,11,15H2,1-3,5-6H3,(H,25,26)/b13-12?,14-10-,16-9-,21-18?. The van der Waals surface area contributed by atoms with Crippen LogP contribution in [-0.4, -0.2) is 16.2 Å². The first-order chi connectivity index (χ1) is 12.0.